The van der Waals surface area contributed by atoms with E-state index in [9.17, 15) is 4.79 Å². The summed E-state index contributed by atoms with van der Waals surface area (Å²) in [5, 5.41) is 10.7. The molecule has 6 heteroatoms. The summed E-state index contributed by atoms with van der Waals surface area (Å²) in [6.07, 6.45) is 0.801. The number of halogens is 1. The molecule has 0 saturated carbocycles. The zero-order valence-corrected chi connectivity index (χ0v) is 14.7. The number of aliphatic hydroxyl groups excluding tert-OH is 1. The highest BCUT2D eigenvalue weighted by Gasteiger charge is 2.18. The number of aryl methyl sites for hydroxylation is 1. The summed E-state index contributed by atoms with van der Waals surface area (Å²) < 4.78 is 5.37. The van der Waals surface area contributed by atoms with Crippen LogP contribution in [0.1, 0.15) is 18.1 Å². The quantitative estimate of drug-likeness (QED) is 0.837. The Morgan fingerprint density at radius 2 is 1.83 bits per heavy atom. The maximum Gasteiger partial charge on any atom is 0.336 e. The van der Waals surface area contributed by atoms with Crippen molar-refractivity contribution in [2.45, 2.75) is 19.9 Å². The third kappa shape index (κ3) is 3.81. The van der Waals surface area contributed by atoms with E-state index < -0.39 is 0 Å². The lowest BCUT2D eigenvalue weighted by atomic mass is 10.1. The van der Waals surface area contributed by atoms with Crippen molar-refractivity contribution < 1.29 is 9.52 Å². The number of hydrogen-bond acceptors (Lipinski definition) is 5. The molecule has 0 unspecified atom stereocenters. The van der Waals surface area contributed by atoms with E-state index >= 15 is 0 Å². The number of benzene rings is 1. The summed E-state index contributed by atoms with van der Waals surface area (Å²) in [7, 11) is 0. The van der Waals surface area contributed by atoms with E-state index in [1.54, 1.807) is 6.07 Å². The van der Waals surface area contributed by atoms with Gasteiger partial charge in [0.25, 0.3) is 0 Å². The zero-order chi connectivity index (χ0) is 17.1. The molecular weight excluding hydrogens is 328 g/mol. The highest BCUT2D eigenvalue weighted by atomic mass is 35.5. The number of fused-ring (bicyclic) bond motifs is 1. The molecule has 1 aromatic carbocycles. The van der Waals surface area contributed by atoms with Gasteiger partial charge in [-0.05, 0) is 29.7 Å². The smallest absolute Gasteiger partial charge is 0.336 e. The first kappa shape index (κ1) is 17.4. The van der Waals surface area contributed by atoms with E-state index in [4.69, 9.17) is 21.1 Å². The van der Waals surface area contributed by atoms with Crippen LogP contribution in [0.3, 0.4) is 0 Å². The average molecular weight is 351 g/mol. The fourth-order valence-electron chi connectivity index (χ4n) is 3.24. The van der Waals surface area contributed by atoms with Crippen LogP contribution in [0.25, 0.3) is 11.0 Å². The van der Waals surface area contributed by atoms with E-state index in [-0.39, 0.29) is 12.2 Å². The SMILES string of the molecule is CCc1cc2oc(=O)cc(CN3CCN(CCO)CC3)c2cc1Cl. The Labute approximate surface area is 146 Å². The third-order valence-corrected chi connectivity index (χ3v) is 5.01. The Kier molecular flexibility index (Phi) is 5.56. The molecule has 5 nitrogen and oxygen atoms in total. The summed E-state index contributed by atoms with van der Waals surface area (Å²) in [5.41, 5.74) is 2.24. The number of rotatable bonds is 5. The first-order chi connectivity index (χ1) is 11.6. The Bertz CT molecular complexity index is 767. The topological polar surface area (TPSA) is 56.9 Å². The molecule has 3 rings (SSSR count). The summed E-state index contributed by atoms with van der Waals surface area (Å²) >= 11 is 6.35. The molecule has 1 saturated heterocycles. The molecular formula is C18H23ClN2O3. The molecule has 0 bridgehead atoms. The first-order valence-electron chi connectivity index (χ1n) is 8.41. The van der Waals surface area contributed by atoms with Crippen molar-refractivity contribution in [3.05, 3.63) is 44.8 Å². The van der Waals surface area contributed by atoms with Gasteiger partial charge in [0.05, 0.1) is 6.61 Å². The van der Waals surface area contributed by atoms with Crippen LogP contribution in [-0.2, 0) is 13.0 Å². The largest absolute Gasteiger partial charge is 0.423 e. The Hall–Kier alpha value is -1.40. The lowest BCUT2D eigenvalue weighted by molar-refractivity contribution is 0.108. The van der Waals surface area contributed by atoms with Crippen LogP contribution in [0, 0.1) is 0 Å². The van der Waals surface area contributed by atoms with Crippen molar-refractivity contribution in [3.8, 4) is 0 Å². The summed E-state index contributed by atoms with van der Waals surface area (Å²) in [5.74, 6) is 0. The second kappa shape index (κ2) is 7.66. The van der Waals surface area contributed by atoms with Gasteiger partial charge in [0.1, 0.15) is 5.58 Å². The number of hydrogen-bond donors (Lipinski definition) is 1. The molecule has 1 aliphatic rings. The monoisotopic (exact) mass is 350 g/mol. The van der Waals surface area contributed by atoms with Crippen LogP contribution >= 0.6 is 11.6 Å². The molecule has 24 heavy (non-hydrogen) atoms. The van der Waals surface area contributed by atoms with Crippen LogP contribution in [0.5, 0.6) is 0 Å². The Morgan fingerprint density at radius 1 is 1.12 bits per heavy atom. The average Bonchev–Trinajstić information content (AvgIpc) is 2.57. The number of piperazine rings is 1. The fourth-order valence-corrected chi connectivity index (χ4v) is 3.54. The van der Waals surface area contributed by atoms with Crippen molar-refractivity contribution in [2.75, 3.05) is 39.3 Å². The van der Waals surface area contributed by atoms with Gasteiger partial charge in [-0.25, -0.2) is 4.79 Å². The van der Waals surface area contributed by atoms with Gasteiger partial charge < -0.3 is 9.52 Å². The molecule has 0 amide bonds. The van der Waals surface area contributed by atoms with Crippen LogP contribution in [0.15, 0.2) is 27.4 Å². The minimum atomic E-state index is -0.319. The fraction of sp³-hybridized carbons (Fsp3) is 0.500. The predicted octanol–water partition coefficient (Wildman–Crippen LogP) is 2.12. The second-order valence-corrected chi connectivity index (χ2v) is 6.63. The zero-order valence-electron chi connectivity index (χ0n) is 13.9. The van der Waals surface area contributed by atoms with Gasteiger partial charge in [0, 0.05) is 55.7 Å². The maximum absolute atomic E-state index is 11.9. The van der Waals surface area contributed by atoms with E-state index in [0.29, 0.717) is 17.2 Å². The molecule has 2 heterocycles. The second-order valence-electron chi connectivity index (χ2n) is 6.23. The van der Waals surface area contributed by atoms with Gasteiger partial charge in [-0.15, -0.1) is 0 Å². The van der Waals surface area contributed by atoms with Gasteiger partial charge in [-0.3, -0.25) is 9.80 Å². The van der Waals surface area contributed by atoms with Crippen molar-refractivity contribution in [1.82, 2.24) is 9.80 Å². The van der Waals surface area contributed by atoms with Crippen LogP contribution in [-0.4, -0.2) is 54.2 Å². The lowest BCUT2D eigenvalue weighted by Crippen LogP contribution is -2.46. The molecule has 0 radical (unpaired) electrons. The van der Waals surface area contributed by atoms with Gasteiger partial charge >= 0.3 is 5.63 Å². The summed E-state index contributed by atoms with van der Waals surface area (Å²) in [4.78, 5) is 16.5. The van der Waals surface area contributed by atoms with Gasteiger partial charge in [0.2, 0.25) is 0 Å². The number of nitrogens with zero attached hydrogens (tertiary/aromatic N) is 2. The molecule has 1 aliphatic heterocycles. The number of β-amino-alcohol motifs (C(OH)–C–C–N with tert-alkyl or cyclic N) is 1. The lowest BCUT2D eigenvalue weighted by Gasteiger charge is -2.34. The third-order valence-electron chi connectivity index (χ3n) is 4.65. The van der Waals surface area contributed by atoms with Crippen molar-refractivity contribution >= 4 is 22.6 Å². The molecule has 0 aliphatic carbocycles. The Balaban J connectivity index is 1.84. The maximum atomic E-state index is 11.9. The van der Waals surface area contributed by atoms with Crippen molar-refractivity contribution in [3.63, 3.8) is 0 Å². The number of aliphatic hydroxyl groups is 1. The highest BCUT2D eigenvalue weighted by molar-refractivity contribution is 6.32. The van der Waals surface area contributed by atoms with Gasteiger partial charge in [-0.1, -0.05) is 18.5 Å². The minimum Gasteiger partial charge on any atom is -0.423 e. The van der Waals surface area contributed by atoms with Crippen LogP contribution in [0.2, 0.25) is 5.02 Å². The van der Waals surface area contributed by atoms with Crippen LogP contribution < -0.4 is 5.63 Å². The predicted molar refractivity (Wildman–Crippen MR) is 95.7 cm³/mol. The minimum absolute atomic E-state index is 0.197. The standard InChI is InChI=1S/C18H23ClN2O3/c1-2-13-9-17-15(11-16(13)19)14(10-18(23)24-17)12-21-5-3-20(4-6-21)7-8-22/h9-11,22H,2-8,12H2,1H3. The van der Waals surface area contributed by atoms with Crippen molar-refractivity contribution in [2.24, 2.45) is 0 Å². The van der Waals surface area contributed by atoms with Crippen molar-refractivity contribution in [1.29, 1.82) is 0 Å². The highest BCUT2D eigenvalue weighted by Crippen LogP contribution is 2.27. The van der Waals surface area contributed by atoms with E-state index in [1.165, 1.54) is 0 Å². The molecule has 0 spiro atoms. The molecule has 2 aromatic rings. The summed E-state index contributed by atoms with van der Waals surface area (Å²) in [6.45, 7) is 7.35. The normalized spacial score (nSPS) is 16.8. The van der Waals surface area contributed by atoms with Gasteiger partial charge in [0.15, 0.2) is 0 Å². The molecule has 1 fully saturated rings. The van der Waals surface area contributed by atoms with Crippen LogP contribution in [0.4, 0.5) is 0 Å². The molecule has 1 N–H and O–H groups in total. The Morgan fingerprint density at radius 3 is 2.50 bits per heavy atom. The van der Waals surface area contributed by atoms with E-state index in [0.717, 1.165) is 55.7 Å². The first-order valence-corrected chi connectivity index (χ1v) is 8.79. The summed E-state index contributed by atoms with van der Waals surface area (Å²) in [6, 6.07) is 5.36. The van der Waals surface area contributed by atoms with E-state index in [1.807, 2.05) is 19.1 Å². The molecule has 1 aromatic heterocycles. The molecule has 130 valence electrons. The molecule has 0 atom stereocenters. The van der Waals surface area contributed by atoms with Gasteiger partial charge in [-0.2, -0.15) is 0 Å². The van der Waals surface area contributed by atoms with E-state index in [2.05, 4.69) is 9.80 Å².